The van der Waals surface area contributed by atoms with Crippen molar-refractivity contribution in [2.75, 3.05) is 19.6 Å². The fourth-order valence-electron chi connectivity index (χ4n) is 1.48. The highest BCUT2D eigenvalue weighted by Crippen LogP contribution is 2.13. The van der Waals surface area contributed by atoms with Gasteiger partial charge in [0.25, 0.3) is 0 Å². The molecule has 0 aliphatic heterocycles. The highest BCUT2D eigenvalue weighted by Gasteiger charge is 2.08. The maximum absolute atomic E-state index is 11.7. The molecule has 18 heavy (non-hydrogen) atoms. The summed E-state index contributed by atoms with van der Waals surface area (Å²) < 4.78 is 0. The second-order valence-electron chi connectivity index (χ2n) is 3.64. The lowest BCUT2D eigenvalue weighted by Gasteiger charge is -2.18. The summed E-state index contributed by atoms with van der Waals surface area (Å²) in [5, 5.41) is 4.87. The minimum Gasteiger partial charge on any atom is -0.333 e. The SMILES string of the molecule is CCN(CC)C(=O)NCc1cc(C#CCN)cs1. The van der Waals surface area contributed by atoms with E-state index in [1.165, 1.54) is 0 Å². The lowest BCUT2D eigenvalue weighted by molar-refractivity contribution is 0.203. The summed E-state index contributed by atoms with van der Waals surface area (Å²) >= 11 is 1.59. The second-order valence-corrected chi connectivity index (χ2v) is 4.63. The van der Waals surface area contributed by atoms with E-state index in [2.05, 4.69) is 17.2 Å². The highest BCUT2D eigenvalue weighted by molar-refractivity contribution is 7.10. The number of carbonyl (C=O) groups is 1. The third kappa shape index (κ3) is 4.40. The number of hydrogen-bond donors (Lipinski definition) is 2. The number of nitrogens with two attached hydrogens (primary N) is 1. The molecule has 4 nitrogen and oxygen atoms in total. The Balaban J connectivity index is 2.48. The number of urea groups is 1. The van der Waals surface area contributed by atoms with Gasteiger partial charge in [-0.05, 0) is 19.9 Å². The number of amides is 2. The maximum atomic E-state index is 11.7. The number of carbonyl (C=O) groups excluding carboxylic acids is 1. The first-order valence-corrected chi connectivity index (χ1v) is 6.88. The second kappa shape index (κ2) is 7.75. The van der Waals surface area contributed by atoms with E-state index in [4.69, 9.17) is 5.73 Å². The smallest absolute Gasteiger partial charge is 0.317 e. The van der Waals surface area contributed by atoms with Crippen LogP contribution in [0.3, 0.4) is 0 Å². The standard InChI is InChI=1S/C13H19N3OS/c1-3-16(4-2)13(17)15-9-12-8-11(10-18-12)6-5-7-14/h8,10H,3-4,7,9,14H2,1-2H3,(H,15,17). The van der Waals surface area contributed by atoms with Crippen LogP contribution in [0.25, 0.3) is 0 Å². The molecule has 0 saturated heterocycles. The molecular weight excluding hydrogens is 246 g/mol. The van der Waals surface area contributed by atoms with E-state index in [1.54, 1.807) is 16.2 Å². The van der Waals surface area contributed by atoms with E-state index < -0.39 is 0 Å². The van der Waals surface area contributed by atoms with Gasteiger partial charge in [0.15, 0.2) is 0 Å². The number of nitrogens with one attached hydrogen (secondary N) is 1. The Morgan fingerprint density at radius 1 is 1.50 bits per heavy atom. The van der Waals surface area contributed by atoms with E-state index in [9.17, 15) is 4.79 Å². The molecule has 1 heterocycles. The topological polar surface area (TPSA) is 58.4 Å². The largest absolute Gasteiger partial charge is 0.333 e. The van der Waals surface area contributed by atoms with Crippen LogP contribution in [0, 0.1) is 11.8 Å². The normalized spacial score (nSPS) is 9.50. The first kappa shape index (κ1) is 14.6. The van der Waals surface area contributed by atoms with Crippen LogP contribution in [-0.2, 0) is 6.54 Å². The van der Waals surface area contributed by atoms with Crippen molar-refractivity contribution >= 4 is 17.4 Å². The number of rotatable bonds is 4. The molecule has 0 aromatic carbocycles. The number of hydrogen-bond acceptors (Lipinski definition) is 3. The van der Waals surface area contributed by atoms with Crippen molar-refractivity contribution in [3.63, 3.8) is 0 Å². The summed E-state index contributed by atoms with van der Waals surface area (Å²) in [7, 11) is 0. The van der Waals surface area contributed by atoms with E-state index in [0.717, 1.165) is 23.5 Å². The summed E-state index contributed by atoms with van der Waals surface area (Å²) in [5.74, 6) is 5.78. The summed E-state index contributed by atoms with van der Waals surface area (Å²) in [6.07, 6.45) is 0. The van der Waals surface area contributed by atoms with Gasteiger partial charge in [0.1, 0.15) is 0 Å². The van der Waals surface area contributed by atoms with Crippen LogP contribution >= 0.6 is 11.3 Å². The van der Waals surface area contributed by atoms with Crippen molar-refractivity contribution in [1.82, 2.24) is 10.2 Å². The number of thiophene rings is 1. The van der Waals surface area contributed by atoms with Gasteiger partial charge in [-0.2, -0.15) is 0 Å². The zero-order valence-electron chi connectivity index (χ0n) is 10.8. The van der Waals surface area contributed by atoms with Crippen molar-refractivity contribution in [3.8, 4) is 11.8 Å². The van der Waals surface area contributed by atoms with Crippen LogP contribution < -0.4 is 11.1 Å². The van der Waals surface area contributed by atoms with E-state index in [-0.39, 0.29) is 6.03 Å². The van der Waals surface area contributed by atoms with Crippen LogP contribution in [0.5, 0.6) is 0 Å². The Bertz CT molecular complexity index is 441. The van der Waals surface area contributed by atoms with E-state index >= 15 is 0 Å². The molecule has 0 spiro atoms. The van der Waals surface area contributed by atoms with Crippen LogP contribution in [0.2, 0.25) is 0 Å². The Morgan fingerprint density at radius 3 is 2.83 bits per heavy atom. The van der Waals surface area contributed by atoms with Gasteiger partial charge in [0.2, 0.25) is 0 Å². The quantitative estimate of drug-likeness (QED) is 0.813. The monoisotopic (exact) mass is 265 g/mol. The van der Waals surface area contributed by atoms with Gasteiger partial charge in [-0.15, -0.1) is 11.3 Å². The van der Waals surface area contributed by atoms with Gasteiger partial charge in [0.05, 0.1) is 13.1 Å². The lowest BCUT2D eigenvalue weighted by Crippen LogP contribution is -2.39. The van der Waals surface area contributed by atoms with Gasteiger partial charge in [-0.3, -0.25) is 0 Å². The van der Waals surface area contributed by atoms with Crippen molar-refractivity contribution in [2.24, 2.45) is 5.73 Å². The molecule has 0 aliphatic rings. The van der Waals surface area contributed by atoms with Gasteiger partial charge in [-0.25, -0.2) is 4.79 Å². The molecular formula is C13H19N3OS. The molecule has 0 atom stereocenters. The fraction of sp³-hybridized carbons (Fsp3) is 0.462. The molecule has 3 N–H and O–H groups in total. The first-order chi connectivity index (χ1) is 8.71. The zero-order chi connectivity index (χ0) is 13.4. The molecule has 0 radical (unpaired) electrons. The molecule has 2 amide bonds. The van der Waals surface area contributed by atoms with Gasteiger partial charge < -0.3 is 16.0 Å². The average molecular weight is 265 g/mol. The highest BCUT2D eigenvalue weighted by atomic mass is 32.1. The predicted molar refractivity (Wildman–Crippen MR) is 75.4 cm³/mol. The van der Waals surface area contributed by atoms with Crippen LogP contribution in [0.15, 0.2) is 11.4 Å². The van der Waals surface area contributed by atoms with E-state index in [0.29, 0.717) is 13.1 Å². The van der Waals surface area contributed by atoms with Crippen LogP contribution in [0.1, 0.15) is 24.3 Å². The molecule has 0 bridgehead atoms. The zero-order valence-corrected chi connectivity index (χ0v) is 11.6. The Kier molecular flexibility index (Phi) is 6.26. The number of nitrogens with zero attached hydrogens (tertiary/aromatic N) is 1. The minimum absolute atomic E-state index is 0.0250. The summed E-state index contributed by atoms with van der Waals surface area (Å²) in [6.45, 7) is 6.29. The Labute approximate surface area is 112 Å². The molecule has 0 aliphatic carbocycles. The van der Waals surface area contributed by atoms with Gasteiger partial charge in [-0.1, -0.05) is 11.8 Å². The van der Waals surface area contributed by atoms with Crippen molar-refractivity contribution < 1.29 is 4.79 Å². The molecule has 0 saturated carbocycles. The first-order valence-electron chi connectivity index (χ1n) is 6.00. The summed E-state index contributed by atoms with van der Waals surface area (Å²) in [6, 6.07) is 1.96. The molecule has 1 aromatic rings. The van der Waals surface area contributed by atoms with Gasteiger partial charge >= 0.3 is 6.03 Å². The van der Waals surface area contributed by atoms with Crippen molar-refractivity contribution in [3.05, 3.63) is 21.9 Å². The average Bonchev–Trinajstić information content (AvgIpc) is 2.83. The third-order valence-electron chi connectivity index (χ3n) is 2.45. The lowest BCUT2D eigenvalue weighted by atomic mass is 10.3. The Hall–Kier alpha value is -1.51. The molecule has 0 fully saturated rings. The third-order valence-corrected chi connectivity index (χ3v) is 3.39. The fourth-order valence-corrected chi connectivity index (χ4v) is 2.23. The van der Waals surface area contributed by atoms with Gasteiger partial charge in [0, 0.05) is 28.9 Å². The predicted octanol–water partition coefficient (Wildman–Crippen LogP) is 1.61. The molecule has 0 unspecified atom stereocenters. The van der Waals surface area contributed by atoms with Crippen LogP contribution in [-0.4, -0.2) is 30.6 Å². The Morgan fingerprint density at radius 2 is 2.22 bits per heavy atom. The summed E-state index contributed by atoms with van der Waals surface area (Å²) in [4.78, 5) is 14.6. The minimum atomic E-state index is -0.0250. The van der Waals surface area contributed by atoms with E-state index in [1.807, 2.05) is 25.3 Å². The molecule has 1 aromatic heterocycles. The summed E-state index contributed by atoms with van der Waals surface area (Å²) in [5.41, 5.74) is 6.27. The molecule has 5 heteroatoms. The van der Waals surface area contributed by atoms with Crippen molar-refractivity contribution in [1.29, 1.82) is 0 Å². The van der Waals surface area contributed by atoms with Crippen LogP contribution in [0.4, 0.5) is 4.79 Å². The molecule has 98 valence electrons. The molecule has 1 rings (SSSR count). The van der Waals surface area contributed by atoms with Crippen molar-refractivity contribution in [2.45, 2.75) is 20.4 Å². The maximum Gasteiger partial charge on any atom is 0.317 e.